The third-order valence-corrected chi connectivity index (χ3v) is 2.33. The summed E-state index contributed by atoms with van der Waals surface area (Å²) in [5, 5.41) is 11.1. The molecular formula is C10H18N2O4. The second kappa shape index (κ2) is 6.32. The molecule has 1 rings (SSSR count). The number of carbonyl (C=O) groups excluding carboxylic acids is 1. The van der Waals surface area contributed by atoms with Gasteiger partial charge < -0.3 is 20.9 Å². The van der Waals surface area contributed by atoms with Crippen LogP contribution < -0.4 is 11.1 Å². The number of carboxylic acid groups (broad SMARTS) is 1. The van der Waals surface area contributed by atoms with Crippen molar-refractivity contribution in [3.8, 4) is 0 Å². The Bertz CT molecular complexity index is 253. The van der Waals surface area contributed by atoms with Gasteiger partial charge in [0.1, 0.15) is 12.1 Å². The van der Waals surface area contributed by atoms with Gasteiger partial charge in [0, 0.05) is 6.54 Å². The molecule has 92 valence electrons. The molecule has 16 heavy (non-hydrogen) atoms. The largest absolute Gasteiger partial charge is 0.480 e. The van der Waals surface area contributed by atoms with Crippen LogP contribution in [0.1, 0.15) is 32.1 Å². The summed E-state index contributed by atoms with van der Waals surface area (Å²) in [5.41, 5.74) is 5.32. The summed E-state index contributed by atoms with van der Waals surface area (Å²) in [7, 11) is 0. The number of nitrogens with one attached hydrogen (secondary N) is 1. The Morgan fingerprint density at radius 2 is 2.12 bits per heavy atom. The molecule has 1 amide bonds. The Labute approximate surface area is 94.1 Å². The van der Waals surface area contributed by atoms with Crippen molar-refractivity contribution in [3.63, 3.8) is 0 Å². The van der Waals surface area contributed by atoms with E-state index in [1.54, 1.807) is 0 Å². The van der Waals surface area contributed by atoms with Crippen LogP contribution in [0.25, 0.3) is 0 Å². The molecule has 1 fully saturated rings. The number of carboxylic acids is 1. The van der Waals surface area contributed by atoms with Crippen molar-refractivity contribution in [2.45, 2.75) is 44.2 Å². The SMILES string of the molecule is NC(CCCCNC(=O)OC1CC1)C(=O)O. The van der Waals surface area contributed by atoms with Gasteiger partial charge in [-0.2, -0.15) is 0 Å². The fourth-order valence-electron chi connectivity index (χ4n) is 1.18. The van der Waals surface area contributed by atoms with Gasteiger partial charge in [0.05, 0.1) is 0 Å². The quantitative estimate of drug-likeness (QED) is 0.551. The highest BCUT2D eigenvalue weighted by atomic mass is 16.6. The van der Waals surface area contributed by atoms with Gasteiger partial charge in [0.25, 0.3) is 0 Å². The lowest BCUT2D eigenvalue weighted by atomic mass is 10.1. The predicted molar refractivity (Wildman–Crippen MR) is 57.0 cm³/mol. The molecule has 0 saturated heterocycles. The van der Waals surface area contributed by atoms with E-state index in [2.05, 4.69) is 5.32 Å². The number of nitrogens with two attached hydrogens (primary N) is 1. The van der Waals surface area contributed by atoms with E-state index in [0.717, 1.165) is 12.8 Å². The molecule has 0 radical (unpaired) electrons. The maximum Gasteiger partial charge on any atom is 0.407 e. The van der Waals surface area contributed by atoms with Crippen molar-refractivity contribution in [1.82, 2.24) is 5.32 Å². The molecule has 0 aromatic carbocycles. The molecule has 1 unspecified atom stereocenters. The van der Waals surface area contributed by atoms with Gasteiger partial charge >= 0.3 is 12.1 Å². The highest BCUT2D eigenvalue weighted by Gasteiger charge is 2.25. The molecule has 1 aliphatic rings. The molecular weight excluding hydrogens is 212 g/mol. The lowest BCUT2D eigenvalue weighted by Crippen LogP contribution is -2.30. The van der Waals surface area contributed by atoms with Crippen molar-refractivity contribution in [1.29, 1.82) is 0 Å². The first kappa shape index (κ1) is 12.8. The molecule has 0 heterocycles. The number of unbranched alkanes of at least 4 members (excludes halogenated alkanes) is 1. The number of rotatable bonds is 7. The van der Waals surface area contributed by atoms with Crippen LogP contribution in [0.4, 0.5) is 4.79 Å². The molecule has 0 aromatic heterocycles. The summed E-state index contributed by atoms with van der Waals surface area (Å²) in [6.07, 6.45) is 3.46. The fourth-order valence-corrected chi connectivity index (χ4v) is 1.18. The zero-order valence-corrected chi connectivity index (χ0v) is 9.15. The van der Waals surface area contributed by atoms with E-state index in [9.17, 15) is 9.59 Å². The smallest absolute Gasteiger partial charge is 0.407 e. The van der Waals surface area contributed by atoms with Gasteiger partial charge in [-0.15, -0.1) is 0 Å². The summed E-state index contributed by atoms with van der Waals surface area (Å²) in [5.74, 6) is -0.985. The third-order valence-electron chi connectivity index (χ3n) is 2.33. The topological polar surface area (TPSA) is 102 Å². The minimum absolute atomic E-state index is 0.112. The molecule has 0 aliphatic heterocycles. The fraction of sp³-hybridized carbons (Fsp3) is 0.800. The van der Waals surface area contributed by atoms with Crippen LogP contribution in [0, 0.1) is 0 Å². The maximum absolute atomic E-state index is 11.0. The van der Waals surface area contributed by atoms with Crippen molar-refractivity contribution < 1.29 is 19.4 Å². The average molecular weight is 230 g/mol. The number of aliphatic carboxylic acids is 1. The van der Waals surface area contributed by atoms with Crippen molar-refractivity contribution in [3.05, 3.63) is 0 Å². The number of carbonyl (C=O) groups is 2. The zero-order chi connectivity index (χ0) is 12.0. The first-order valence-corrected chi connectivity index (χ1v) is 5.52. The number of hydrogen-bond acceptors (Lipinski definition) is 4. The van der Waals surface area contributed by atoms with Gasteiger partial charge in [-0.1, -0.05) is 0 Å². The van der Waals surface area contributed by atoms with E-state index >= 15 is 0 Å². The van der Waals surface area contributed by atoms with Crippen LogP contribution >= 0.6 is 0 Å². The van der Waals surface area contributed by atoms with Gasteiger partial charge in [0.2, 0.25) is 0 Å². The minimum atomic E-state index is -0.985. The summed E-state index contributed by atoms with van der Waals surface area (Å²) < 4.78 is 4.96. The lowest BCUT2D eigenvalue weighted by molar-refractivity contribution is -0.138. The van der Waals surface area contributed by atoms with E-state index in [1.807, 2.05) is 0 Å². The normalized spacial score (nSPS) is 16.6. The molecule has 0 bridgehead atoms. The molecule has 1 aliphatic carbocycles. The van der Waals surface area contributed by atoms with E-state index in [1.165, 1.54) is 0 Å². The van der Waals surface area contributed by atoms with Gasteiger partial charge in [-0.3, -0.25) is 4.79 Å². The molecule has 0 spiro atoms. The molecule has 1 atom stereocenters. The maximum atomic E-state index is 11.0. The van der Waals surface area contributed by atoms with E-state index in [-0.39, 0.29) is 12.2 Å². The van der Waals surface area contributed by atoms with Crippen molar-refractivity contribution >= 4 is 12.1 Å². The molecule has 4 N–H and O–H groups in total. The second-order valence-corrected chi connectivity index (χ2v) is 3.97. The highest BCUT2D eigenvalue weighted by molar-refractivity contribution is 5.72. The Hall–Kier alpha value is -1.30. The van der Waals surface area contributed by atoms with E-state index < -0.39 is 12.0 Å². The number of alkyl carbamates (subject to hydrolysis) is 1. The average Bonchev–Trinajstić information content (AvgIpc) is 3.00. The summed E-state index contributed by atoms with van der Waals surface area (Å²) in [6, 6.07) is -0.807. The van der Waals surface area contributed by atoms with Gasteiger partial charge in [0.15, 0.2) is 0 Å². The Kier molecular flexibility index (Phi) is 5.04. The minimum Gasteiger partial charge on any atom is -0.480 e. The number of amides is 1. The van der Waals surface area contributed by atoms with Crippen LogP contribution in [-0.4, -0.2) is 35.9 Å². The van der Waals surface area contributed by atoms with Crippen molar-refractivity contribution in [2.75, 3.05) is 6.54 Å². The first-order chi connectivity index (χ1) is 7.59. The van der Waals surface area contributed by atoms with Crippen LogP contribution in [-0.2, 0) is 9.53 Å². The van der Waals surface area contributed by atoms with Crippen LogP contribution in [0.3, 0.4) is 0 Å². The van der Waals surface area contributed by atoms with Crippen LogP contribution in [0.15, 0.2) is 0 Å². The monoisotopic (exact) mass is 230 g/mol. The standard InChI is InChI=1S/C10H18N2O4/c11-8(9(13)14)3-1-2-6-12-10(15)16-7-4-5-7/h7-8H,1-6,11H2,(H,12,15)(H,13,14). The Morgan fingerprint density at radius 3 is 2.69 bits per heavy atom. The highest BCUT2D eigenvalue weighted by Crippen LogP contribution is 2.23. The zero-order valence-electron chi connectivity index (χ0n) is 9.15. The number of ether oxygens (including phenoxy) is 1. The van der Waals surface area contributed by atoms with Crippen LogP contribution in [0.5, 0.6) is 0 Å². The molecule has 1 saturated carbocycles. The van der Waals surface area contributed by atoms with E-state index in [4.69, 9.17) is 15.6 Å². The molecule has 0 aromatic rings. The van der Waals surface area contributed by atoms with Crippen LogP contribution in [0.2, 0.25) is 0 Å². The number of hydrogen-bond donors (Lipinski definition) is 3. The van der Waals surface area contributed by atoms with Gasteiger partial charge in [-0.05, 0) is 32.1 Å². The first-order valence-electron chi connectivity index (χ1n) is 5.52. The second-order valence-electron chi connectivity index (χ2n) is 3.97. The Balaban J connectivity index is 1.90. The predicted octanol–water partition coefficient (Wildman–Crippen LogP) is 0.457. The third kappa shape index (κ3) is 5.55. The molecule has 6 nitrogen and oxygen atoms in total. The molecule has 6 heteroatoms. The van der Waals surface area contributed by atoms with Gasteiger partial charge in [-0.25, -0.2) is 4.79 Å². The van der Waals surface area contributed by atoms with Crippen molar-refractivity contribution in [2.24, 2.45) is 5.73 Å². The summed E-state index contributed by atoms with van der Waals surface area (Å²) in [6.45, 7) is 0.498. The Morgan fingerprint density at radius 1 is 1.44 bits per heavy atom. The summed E-state index contributed by atoms with van der Waals surface area (Å²) >= 11 is 0. The summed E-state index contributed by atoms with van der Waals surface area (Å²) in [4.78, 5) is 21.4. The lowest BCUT2D eigenvalue weighted by Gasteiger charge is -2.07. The van der Waals surface area contributed by atoms with E-state index in [0.29, 0.717) is 25.8 Å².